The second-order valence-corrected chi connectivity index (χ2v) is 8.59. The molecule has 0 bridgehead atoms. The Hall–Kier alpha value is -0.640. The maximum absolute atomic E-state index is 10.8. The van der Waals surface area contributed by atoms with Crippen molar-refractivity contribution in [3.8, 4) is 0 Å². The lowest BCUT2D eigenvalue weighted by atomic mass is 10.1. The lowest BCUT2D eigenvalue weighted by Gasteiger charge is -2.02. The van der Waals surface area contributed by atoms with Crippen LogP contribution in [0.25, 0.3) is 0 Å². The van der Waals surface area contributed by atoms with Crippen molar-refractivity contribution in [2.75, 3.05) is 6.16 Å². The van der Waals surface area contributed by atoms with Crippen molar-refractivity contribution in [1.82, 2.24) is 4.57 Å². The third kappa shape index (κ3) is 11.8. The SMILES string of the molecule is CCCCCCCCCCCCn1cc[n+](CCCP(=O)(O)O)c1. The van der Waals surface area contributed by atoms with Gasteiger partial charge in [-0.25, -0.2) is 9.13 Å². The van der Waals surface area contributed by atoms with Gasteiger partial charge in [-0.05, 0) is 19.3 Å². The summed E-state index contributed by atoms with van der Waals surface area (Å²) in [5, 5.41) is 0. The Morgan fingerprint density at radius 1 is 0.917 bits per heavy atom. The fraction of sp³-hybridized carbons (Fsp3) is 0.833. The molecule has 24 heavy (non-hydrogen) atoms. The predicted octanol–water partition coefficient (Wildman–Crippen LogP) is 4.26. The molecule has 0 aromatic carbocycles. The first kappa shape index (κ1) is 21.4. The van der Waals surface area contributed by atoms with Crippen LogP contribution in [0.4, 0.5) is 0 Å². The molecule has 6 heteroatoms. The van der Waals surface area contributed by atoms with E-state index >= 15 is 0 Å². The standard InChI is InChI=1S/C18H35N2O3P/c1-2-3-4-5-6-7-8-9-10-11-13-19-15-16-20(18-19)14-12-17-24(21,22)23/h15-16,18H,2-14,17H2,1H3,(H-,21,22,23)/p+1. The highest BCUT2D eigenvalue weighted by Crippen LogP contribution is 2.34. The summed E-state index contributed by atoms with van der Waals surface area (Å²) in [4.78, 5) is 17.7. The molecule has 0 unspecified atom stereocenters. The molecule has 0 atom stereocenters. The number of aromatic nitrogens is 2. The normalized spacial score (nSPS) is 12.0. The van der Waals surface area contributed by atoms with E-state index in [-0.39, 0.29) is 6.16 Å². The molecule has 0 radical (unpaired) electrons. The molecular weight excluding hydrogens is 323 g/mol. The van der Waals surface area contributed by atoms with E-state index in [2.05, 4.69) is 11.5 Å². The van der Waals surface area contributed by atoms with Gasteiger partial charge in [-0.3, -0.25) is 4.57 Å². The molecular formula is C18H36N2O3P+. The van der Waals surface area contributed by atoms with Gasteiger partial charge in [-0.15, -0.1) is 0 Å². The van der Waals surface area contributed by atoms with E-state index in [9.17, 15) is 4.57 Å². The van der Waals surface area contributed by atoms with Gasteiger partial charge in [-0.2, -0.15) is 0 Å². The second-order valence-electron chi connectivity index (χ2n) is 6.81. The first-order chi connectivity index (χ1) is 11.5. The molecule has 0 aliphatic heterocycles. The quantitative estimate of drug-likeness (QED) is 0.279. The molecule has 140 valence electrons. The van der Waals surface area contributed by atoms with Gasteiger partial charge in [0.2, 0.25) is 6.33 Å². The summed E-state index contributed by atoms with van der Waals surface area (Å²) in [6, 6.07) is 0. The van der Waals surface area contributed by atoms with E-state index in [1.54, 1.807) is 0 Å². The number of hydrogen-bond acceptors (Lipinski definition) is 1. The molecule has 1 aromatic rings. The number of unbranched alkanes of at least 4 members (excludes halogenated alkanes) is 9. The minimum atomic E-state index is -3.86. The molecule has 0 aliphatic carbocycles. The molecule has 0 saturated carbocycles. The largest absolute Gasteiger partial charge is 0.325 e. The van der Waals surface area contributed by atoms with E-state index in [0.717, 1.165) is 6.54 Å². The zero-order valence-corrected chi connectivity index (χ0v) is 16.2. The molecule has 5 nitrogen and oxygen atoms in total. The average molecular weight is 359 g/mol. The van der Waals surface area contributed by atoms with Crippen LogP contribution in [-0.4, -0.2) is 20.5 Å². The minimum absolute atomic E-state index is 0.0381. The molecule has 0 fully saturated rings. The monoisotopic (exact) mass is 359 g/mol. The Kier molecular flexibility index (Phi) is 11.3. The van der Waals surface area contributed by atoms with Crippen LogP contribution in [0, 0.1) is 0 Å². The molecule has 0 saturated heterocycles. The Balaban J connectivity index is 1.99. The Labute approximate surface area is 147 Å². The maximum atomic E-state index is 10.8. The highest BCUT2D eigenvalue weighted by Gasteiger charge is 2.13. The Morgan fingerprint density at radius 2 is 1.50 bits per heavy atom. The fourth-order valence-corrected chi connectivity index (χ4v) is 3.50. The Morgan fingerprint density at radius 3 is 2.08 bits per heavy atom. The van der Waals surface area contributed by atoms with Crippen LogP contribution >= 0.6 is 7.60 Å². The van der Waals surface area contributed by atoms with Crippen molar-refractivity contribution >= 4 is 7.60 Å². The summed E-state index contributed by atoms with van der Waals surface area (Å²) < 4.78 is 15.0. The van der Waals surface area contributed by atoms with Gasteiger partial charge in [0.25, 0.3) is 0 Å². The second kappa shape index (κ2) is 12.7. The summed E-state index contributed by atoms with van der Waals surface area (Å²) >= 11 is 0. The van der Waals surface area contributed by atoms with E-state index in [4.69, 9.17) is 9.79 Å². The van der Waals surface area contributed by atoms with Gasteiger partial charge < -0.3 is 9.79 Å². The number of aryl methyl sites for hydroxylation is 2. The van der Waals surface area contributed by atoms with Crippen LogP contribution in [0.2, 0.25) is 0 Å². The first-order valence-corrected chi connectivity index (χ1v) is 11.4. The molecule has 0 amide bonds. The van der Waals surface area contributed by atoms with Gasteiger partial charge in [0.05, 0.1) is 19.3 Å². The highest BCUT2D eigenvalue weighted by atomic mass is 31.2. The van der Waals surface area contributed by atoms with Crippen molar-refractivity contribution in [2.24, 2.45) is 0 Å². The summed E-state index contributed by atoms with van der Waals surface area (Å²) in [5.74, 6) is 0. The van der Waals surface area contributed by atoms with Crippen molar-refractivity contribution < 1.29 is 18.9 Å². The maximum Gasteiger partial charge on any atom is 0.325 e. The van der Waals surface area contributed by atoms with Crippen molar-refractivity contribution in [2.45, 2.75) is 90.6 Å². The van der Waals surface area contributed by atoms with Crippen LogP contribution in [0.1, 0.15) is 77.6 Å². The first-order valence-electron chi connectivity index (χ1n) is 9.60. The molecule has 2 N–H and O–H groups in total. The predicted molar refractivity (Wildman–Crippen MR) is 98.0 cm³/mol. The zero-order valence-electron chi connectivity index (χ0n) is 15.3. The van der Waals surface area contributed by atoms with Crippen molar-refractivity contribution in [3.63, 3.8) is 0 Å². The van der Waals surface area contributed by atoms with E-state index in [1.165, 1.54) is 64.2 Å². The van der Waals surface area contributed by atoms with Crippen molar-refractivity contribution in [1.29, 1.82) is 0 Å². The van der Waals surface area contributed by atoms with Gasteiger partial charge in [-0.1, -0.05) is 58.3 Å². The van der Waals surface area contributed by atoms with Gasteiger partial charge in [0.1, 0.15) is 12.4 Å². The number of imidazole rings is 1. The average Bonchev–Trinajstić information content (AvgIpc) is 2.96. The summed E-state index contributed by atoms with van der Waals surface area (Å²) in [7, 11) is -3.86. The molecule has 0 spiro atoms. The number of nitrogens with zero attached hydrogens (tertiary/aromatic N) is 2. The summed E-state index contributed by atoms with van der Waals surface area (Å²) in [6.45, 7) is 3.95. The zero-order chi connectivity index (χ0) is 17.7. The van der Waals surface area contributed by atoms with E-state index in [1.807, 2.05) is 23.3 Å². The van der Waals surface area contributed by atoms with Crippen LogP contribution < -0.4 is 4.57 Å². The van der Waals surface area contributed by atoms with Gasteiger partial charge >= 0.3 is 7.60 Å². The highest BCUT2D eigenvalue weighted by molar-refractivity contribution is 7.51. The van der Waals surface area contributed by atoms with E-state index in [0.29, 0.717) is 13.0 Å². The lowest BCUT2D eigenvalue weighted by Crippen LogP contribution is -2.31. The third-order valence-corrected chi connectivity index (χ3v) is 5.28. The van der Waals surface area contributed by atoms with Gasteiger partial charge in [0, 0.05) is 0 Å². The van der Waals surface area contributed by atoms with Crippen LogP contribution in [0.3, 0.4) is 0 Å². The van der Waals surface area contributed by atoms with Gasteiger partial charge in [0.15, 0.2) is 0 Å². The number of rotatable bonds is 15. The molecule has 1 aromatic heterocycles. The fourth-order valence-electron chi connectivity index (χ4n) is 2.94. The minimum Gasteiger partial charge on any atom is -0.324 e. The summed E-state index contributed by atoms with van der Waals surface area (Å²) in [6.07, 6.45) is 20.0. The topological polar surface area (TPSA) is 66.3 Å². The smallest absolute Gasteiger partial charge is 0.324 e. The molecule has 1 rings (SSSR count). The van der Waals surface area contributed by atoms with Crippen LogP contribution in [-0.2, 0) is 17.7 Å². The van der Waals surface area contributed by atoms with Crippen molar-refractivity contribution in [3.05, 3.63) is 18.7 Å². The molecule has 1 heterocycles. The van der Waals surface area contributed by atoms with E-state index < -0.39 is 7.60 Å². The third-order valence-electron chi connectivity index (χ3n) is 4.38. The summed E-state index contributed by atoms with van der Waals surface area (Å²) in [5.41, 5.74) is 0. The van der Waals surface area contributed by atoms with Crippen LogP contribution in [0.15, 0.2) is 18.7 Å². The molecule has 0 aliphatic rings. The van der Waals surface area contributed by atoms with Crippen LogP contribution in [0.5, 0.6) is 0 Å². The number of hydrogen-bond donors (Lipinski definition) is 2. The lowest BCUT2D eigenvalue weighted by molar-refractivity contribution is -0.696. The Bertz CT molecular complexity index is 471.